The Balaban J connectivity index is 1.94. The number of rotatable bonds is 5. The van der Waals surface area contributed by atoms with Crippen molar-refractivity contribution < 1.29 is 14.7 Å². The highest BCUT2D eigenvalue weighted by molar-refractivity contribution is 5.90. The number of aromatic amines is 1. The third-order valence-electron chi connectivity index (χ3n) is 2.32. The molecule has 2 heterocycles. The fourth-order valence-corrected chi connectivity index (χ4v) is 1.45. The molecule has 0 aliphatic rings. The van der Waals surface area contributed by atoms with Crippen molar-refractivity contribution >= 4 is 17.9 Å². The van der Waals surface area contributed by atoms with E-state index >= 15 is 0 Å². The summed E-state index contributed by atoms with van der Waals surface area (Å²) in [7, 11) is 1.54. The van der Waals surface area contributed by atoms with Crippen LogP contribution in [0.15, 0.2) is 12.5 Å². The largest absolute Gasteiger partial charge is 0.480 e. The number of H-pyrrole nitrogens is 1. The second kappa shape index (κ2) is 5.77. The lowest BCUT2D eigenvalue weighted by Gasteiger charge is -2.13. The van der Waals surface area contributed by atoms with E-state index < -0.39 is 18.0 Å². The van der Waals surface area contributed by atoms with Crippen molar-refractivity contribution in [3.8, 4) is 0 Å². The normalized spacial score (nSPS) is 11.8. The summed E-state index contributed by atoms with van der Waals surface area (Å²) in [4.78, 5) is 30.4. The van der Waals surface area contributed by atoms with Gasteiger partial charge in [-0.1, -0.05) is 5.10 Å². The molecule has 0 radical (unpaired) electrons. The van der Waals surface area contributed by atoms with E-state index in [9.17, 15) is 9.59 Å². The Bertz CT molecular complexity index is 592. The van der Waals surface area contributed by atoms with Crippen LogP contribution in [-0.2, 0) is 18.3 Å². The standard InChI is InChI=1S/C9H12N8O3/c1-17-15-8(14-16-17)13-9(20)12-6(7(18)19)2-5-3-10-4-11-5/h3-4,6H,2H2,1H3,(H,10,11)(H,18,19)(H2,12,13,15,20). The fourth-order valence-electron chi connectivity index (χ4n) is 1.45. The molecule has 2 rings (SSSR count). The van der Waals surface area contributed by atoms with Crippen LogP contribution >= 0.6 is 0 Å². The number of carbonyl (C=O) groups is 2. The molecule has 0 spiro atoms. The molecule has 0 saturated heterocycles. The van der Waals surface area contributed by atoms with Crippen molar-refractivity contribution in [2.45, 2.75) is 12.5 Å². The molecule has 106 valence electrons. The lowest BCUT2D eigenvalue weighted by atomic mass is 10.2. The number of hydrogen-bond acceptors (Lipinski definition) is 6. The summed E-state index contributed by atoms with van der Waals surface area (Å²) in [6.07, 6.45) is 2.99. The molecule has 0 aliphatic carbocycles. The van der Waals surface area contributed by atoms with Crippen molar-refractivity contribution in [3.63, 3.8) is 0 Å². The van der Waals surface area contributed by atoms with E-state index in [4.69, 9.17) is 5.11 Å². The Labute approximate surface area is 112 Å². The first-order valence-electron chi connectivity index (χ1n) is 5.56. The van der Waals surface area contributed by atoms with Gasteiger partial charge in [0.05, 0.1) is 13.4 Å². The number of aliphatic carboxylic acids is 1. The molecule has 4 N–H and O–H groups in total. The number of urea groups is 1. The van der Waals surface area contributed by atoms with Gasteiger partial charge < -0.3 is 15.4 Å². The van der Waals surface area contributed by atoms with Gasteiger partial charge in [-0.05, 0) is 5.21 Å². The molecule has 2 amide bonds. The summed E-state index contributed by atoms with van der Waals surface area (Å²) in [5.41, 5.74) is 0.593. The number of carboxylic acid groups (broad SMARTS) is 1. The molecule has 0 aromatic carbocycles. The lowest BCUT2D eigenvalue weighted by molar-refractivity contribution is -0.139. The predicted molar refractivity (Wildman–Crippen MR) is 64.7 cm³/mol. The number of aromatic nitrogens is 6. The number of anilines is 1. The van der Waals surface area contributed by atoms with Crippen LogP contribution in [0.5, 0.6) is 0 Å². The van der Waals surface area contributed by atoms with Crippen molar-refractivity contribution in [1.82, 2.24) is 35.5 Å². The predicted octanol–water partition coefficient (Wildman–Crippen LogP) is -1.25. The van der Waals surface area contributed by atoms with Crippen LogP contribution in [0.25, 0.3) is 0 Å². The van der Waals surface area contributed by atoms with Gasteiger partial charge in [-0.2, -0.15) is 4.80 Å². The highest BCUT2D eigenvalue weighted by Gasteiger charge is 2.21. The van der Waals surface area contributed by atoms with Crippen molar-refractivity contribution in [2.75, 3.05) is 5.32 Å². The van der Waals surface area contributed by atoms with E-state index in [2.05, 4.69) is 36.0 Å². The number of imidazole rings is 1. The highest BCUT2D eigenvalue weighted by Crippen LogP contribution is 2.00. The Kier molecular flexibility index (Phi) is 3.88. The summed E-state index contributed by atoms with van der Waals surface area (Å²) in [5.74, 6) is -1.18. The van der Waals surface area contributed by atoms with Crippen LogP contribution < -0.4 is 10.6 Å². The van der Waals surface area contributed by atoms with Crippen molar-refractivity contribution in [3.05, 3.63) is 18.2 Å². The Morgan fingerprint density at radius 3 is 2.90 bits per heavy atom. The highest BCUT2D eigenvalue weighted by atomic mass is 16.4. The van der Waals surface area contributed by atoms with Gasteiger partial charge in [0.25, 0.3) is 5.95 Å². The average Bonchev–Trinajstić information content (AvgIpc) is 3.00. The maximum Gasteiger partial charge on any atom is 0.326 e. The number of nitrogens with one attached hydrogen (secondary N) is 3. The monoisotopic (exact) mass is 280 g/mol. The minimum Gasteiger partial charge on any atom is -0.480 e. The molecule has 1 atom stereocenters. The van der Waals surface area contributed by atoms with Gasteiger partial charge in [0.15, 0.2) is 0 Å². The number of hydrogen-bond donors (Lipinski definition) is 4. The van der Waals surface area contributed by atoms with Crippen LogP contribution in [0.3, 0.4) is 0 Å². The van der Waals surface area contributed by atoms with Gasteiger partial charge in [-0.3, -0.25) is 5.32 Å². The zero-order chi connectivity index (χ0) is 14.5. The number of nitrogens with zero attached hydrogens (tertiary/aromatic N) is 5. The van der Waals surface area contributed by atoms with Crippen LogP contribution in [0, 0.1) is 0 Å². The third kappa shape index (κ3) is 3.51. The van der Waals surface area contributed by atoms with Gasteiger partial charge >= 0.3 is 12.0 Å². The van der Waals surface area contributed by atoms with Gasteiger partial charge in [-0.25, -0.2) is 14.6 Å². The second-order valence-electron chi connectivity index (χ2n) is 3.87. The summed E-state index contributed by atoms with van der Waals surface area (Å²) in [6, 6.07) is -1.84. The number of aryl methyl sites for hydroxylation is 1. The van der Waals surface area contributed by atoms with Crippen LogP contribution in [0.4, 0.5) is 10.7 Å². The molecule has 0 saturated carbocycles. The minimum absolute atomic E-state index is 0.0179. The molecule has 0 fully saturated rings. The molecular formula is C9H12N8O3. The molecule has 0 bridgehead atoms. The van der Waals surface area contributed by atoms with Gasteiger partial charge in [0.1, 0.15) is 6.04 Å². The summed E-state index contributed by atoms with van der Waals surface area (Å²) in [5, 5.41) is 24.5. The molecular weight excluding hydrogens is 268 g/mol. The topological polar surface area (TPSA) is 151 Å². The van der Waals surface area contributed by atoms with Crippen LogP contribution in [0.2, 0.25) is 0 Å². The molecule has 11 nitrogen and oxygen atoms in total. The minimum atomic E-state index is -1.16. The Morgan fingerprint density at radius 1 is 1.55 bits per heavy atom. The average molecular weight is 280 g/mol. The molecule has 20 heavy (non-hydrogen) atoms. The quantitative estimate of drug-likeness (QED) is 0.534. The number of amides is 2. The molecule has 0 aliphatic heterocycles. The smallest absolute Gasteiger partial charge is 0.326 e. The van der Waals surface area contributed by atoms with Crippen LogP contribution in [0.1, 0.15) is 5.69 Å². The maximum absolute atomic E-state index is 11.6. The van der Waals surface area contributed by atoms with Gasteiger partial charge in [-0.15, -0.1) is 5.10 Å². The number of carbonyl (C=O) groups excluding carboxylic acids is 1. The summed E-state index contributed by atoms with van der Waals surface area (Å²) < 4.78 is 0. The molecule has 2 aromatic heterocycles. The first-order valence-corrected chi connectivity index (χ1v) is 5.56. The Morgan fingerprint density at radius 2 is 2.35 bits per heavy atom. The second-order valence-corrected chi connectivity index (χ2v) is 3.87. The number of tetrazole rings is 1. The van der Waals surface area contributed by atoms with E-state index in [1.807, 2.05) is 0 Å². The zero-order valence-electron chi connectivity index (χ0n) is 10.4. The van der Waals surface area contributed by atoms with E-state index in [1.54, 1.807) is 0 Å². The van der Waals surface area contributed by atoms with Gasteiger partial charge in [0, 0.05) is 18.3 Å². The molecule has 11 heteroatoms. The third-order valence-corrected chi connectivity index (χ3v) is 2.32. The Hall–Kier alpha value is -2.98. The fraction of sp³-hybridized carbons (Fsp3) is 0.333. The summed E-state index contributed by atoms with van der Waals surface area (Å²) in [6.45, 7) is 0. The SMILES string of the molecule is Cn1nnc(NC(=O)NC(Cc2cnc[nH]2)C(=O)O)n1. The lowest BCUT2D eigenvalue weighted by Crippen LogP contribution is -2.44. The van der Waals surface area contributed by atoms with E-state index in [0.717, 1.165) is 4.80 Å². The number of carboxylic acids is 1. The molecule has 2 aromatic rings. The zero-order valence-corrected chi connectivity index (χ0v) is 10.4. The van der Waals surface area contributed by atoms with Crippen molar-refractivity contribution in [2.24, 2.45) is 7.05 Å². The summed E-state index contributed by atoms with van der Waals surface area (Å²) >= 11 is 0. The molecule has 1 unspecified atom stereocenters. The van der Waals surface area contributed by atoms with Gasteiger partial charge in [0.2, 0.25) is 0 Å². The van der Waals surface area contributed by atoms with E-state index in [0.29, 0.717) is 5.69 Å². The first kappa shape index (κ1) is 13.5. The van der Waals surface area contributed by atoms with Crippen LogP contribution in [-0.4, -0.2) is 53.3 Å². The first-order chi connectivity index (χ1) is 9.54. The maximum atomic E-state index is 11.6. The van der Waals surface area contributed by atoms with E-state index in [-0.39, 0.29) is 12.4 Å². The van der Waals surface area contributed by atoms with Crippen molar-refractivity contribution in [1.29, 1.82) is 0 Å². The van der Waals surface area contributed by atoms with E-state index in [1.165, 1.54) is 19.6 Å².